The van der Waals surface area contributed by atoms with Gasteiger partial charge in [0.05, 0.1) is 24.1 Å². The number of esters is 1. The van der Waals surface area contributed by atoms with Gasteiger partial charge < -0.3 is 20.5 Å². The van der Waals surface area contributed by atoms with E-state index in [1.807, 2.05) is 68.4 Å². The maximum absolute atomic E-state index is 12.9. The Hall–Kier alpha value is -5.17. The Bertz CT molecular complexity index is 1950. The first kappa shape index (κ1) is 37.6. The van der Waals surface area contributed by atoms with Crippen LogP contribution in [0.5, 0.6) is 0 Å². The van der Waals surface area contributed by atoms with Gasteiger partial charge in [0.1, 0.15) is 11.3 Å². The molecule has 1 aliphatic heterocycles. The lowest BCUT2D eigenvalue weighted by Crippen LogP contribution is -2.56. The SMILES string of the molecule is CCOC(=O)C1(NC(=O)Cc2cc(-c3ccccc3)ccc2C)CCCCC1.Cc1ccc(-c2ccccc2)cc1C1=C(O)C2(CCCCC2)NC1=O. The average molecular weight is 713 g/mol. The smallest absolute Gasteiger partial charge is 0.331 e. The molecule has 2 fully saturated rings. The molecule has 1 spiro atoms. The monoisotopic (exact) mass is 712 g/mol. The number of amides is 2. The normalized spacial score (nSPS) is 17.4. The Labute approximate surface area is 313 Å². The number of carbonyl (C=O) groups is 3. The summed E-state index contributed by atoms with van der Waals surface area (Å²) >= 11 is 0. The van der Waals surface area contributed by atoms with Gasteiger partial charge >= 0.3 is 5.97 Å². The molecule has 0 aromatic heterocycles. The average Bonchev–Trinajstić information content (AvgIpc) is 3.41. The molecule has 7 rings (SSSR count). The summed E-state index contributed by atoms with van der Waals surface area (Å²) < 4.78 is 5.28. The Balaban J connectivity index is 0.000000182. The molecule has 0 bridgehead atoms. The number of nitrogens with one attached hydrogen (secondary N) is 2. The summed E-state index contributed by atoms with van der Waals surface area (Å²) in [5.74, 6) is -0.320. The minimum absolute atomic E-state index is 0.122. The second kappa shape index (κ2) is 16.7. The lowest BCUT2D eigenvalue weighted by molar-refractivity contribution is -0.155. The van der Waals surface area contributed by atoms with Gasteiger partial charge in [-0.1, -0.05) is 130 Å². The highest BCUT2D eigenvalue weighted by molar-refractivity contribution is 6.23. The first-order chi connectivity index (χ1) is 25.6. The van der Waals surface area contributed by atoms with Crippen LogP contribution in [-0.4, -0.2) is 40.6 Å². The van der Waals surface area contributed by atoms with Crippen molar-refractivity contribution in [2.75, 3.05) is 6.61 Å². The van der Waals surface area contributed by atoms with E-state index >= 15 is 0 Å². The van der Waals surface area contributed by atoms with Gasteiger partial charge in [0.15, 0.2) is 0 Å². The molecule has 3 N–H and O–H groups in total. The molecule has 7 heteroatoms. The van der Waals surface area contributed by atoms with Crippen molar-refractivity contribution in [3.05, 3.63) is 125 Å². The van der Waals surface area contributed by atoms with Crippen molar-refractivity contribution in [3.8, 4) is 22.3 Å². The van der Waals surface area contributed by atoms with Gasteiger partial charge in [0.25, 0.3) is 5.91 Å². The highest BCUT2D eigenvalue weighted by atomic mass is 16.5. The number of carbonyl (C=O) groups excluding carboxylic acids is 3. The van der Waals surface area contributed by atoms with E-state index < -0.39 is 11.1 Å². The Morgan fingerprint density at radius 2 is 1.26 bits per heavy atom. The highest BCUT2D eigenvalue weighted by Gasteiger charge is 2.46. The second-order valence-corrected chi connectivity index (χ2v) is 14.8. The van der Waals surface area contributed by atoms with E-state index in [-0.39, 0.29) is 30.0 Å². The zero-order chi connectivity index (χ0) is 37.4. The van der Waals surface area contributed by atoms with E-state index in [0.29, 0.717) is 25.0 Å². The largest absolute Gasteiger partial charge is 0.509 e. The van der Waals surface area contributed by atoms with Crippen LogP contribution in [-0.2, 0) is 25.5 Å². The van der Waals surface area contributed by atoms with Gasteiger partial charge in [0.2, 0.25) is 5.91 Å². The fourth-order valence-corrected chi connectivity index (χ4v) is 8.12. The Morgan fingerprint density at radius 1 is 0.717 bits per heavy atom. The molecule has 0 saturated heterocycles. The van der Waals surface area contributed by atoms with Crippen molar-refractivity contribution in [2.24, 2.45) is 0 Å². The van der Waals surface area contributed by atoms with Crippen LogP contribution < -0.4 is 10.6 Å². The van der Waals surface area contributed by atoms with E-state index in [1.165, 1.54) is 6.42 Å². The van der Waals surface area contributed by atoms with Crippen molar-refractivity contribution in [1.82, 2.24) is 10.6 Å². The van der Waals surface area contributed by atoms with E-state index in [1.54, 1.807) is 6.92 Å². The molecule has 1 heterocycles. The molecular weight excluding hydrogens is 661 g/mol. The van der Waals surface area contributed by atoms with Crippen molar-refractivity contribution in [3.63, 3.8) is 0 Å². The summed E-state index contributed by atoms with van der Waals surface area (Å²) in [5, 5.41) is 17.1. The number of benzene rings is 4. The van der Waals surface area contributed by atoms with Crippen molar-refractivity contribution < 1.29 is 24.2 Å². The topological polar surface area (TPSA) is 105 Å². The van der Waals surface area contributed by atoms with Crippen molar-refractivity contribution >= 4 is 23.4 Å². The summed E-state index contributed by atoms with van der Waals surface area (Å²) in [5.41, 5.74) is 7.31. The predicted octanol–water partition coefficient (Wildman–Crippen LogP) is 9.35. The number of hydrogen-bond acceptors (Lipinski definition) is 5. The molecule has 7 nitrogen and oxygen atoms in total. The number of aliphatic hydroxyl groups is 1. The fourth-order valence-electron chi connectivity index (χ4n) is 8.12. The summed E-state index contributed by atoms with van der Waals surface area (Å²) in [7, 11) is 0. The molecule has 3 aliphatic rings. The minimum atomic E-state index is -0.865. The van der Waals surface area contributed by atoms with Crippen LogP contribution in [0, 0.1) is 13.8 Å². The number of ether oxygens (including phenoxy) is 1. The van der Waals surface area contributed by atoms with Crippen LogP contribution in [0.25, 0.3) is 27.8 Å². The molecule has 0 unspecified atom stereocenters. The molecule has 2 amide bonds. The molecule has 276 valence electrons. The fraction of sp³-hybridized carbons (Fsp3) is 0.370. The van der Waals surface area contributed by atoms with Gasteiger partial charge in [-0.05, 0) is 97.0 Å². The number of aryl methyl sites for hydroxylation is 2. The molecule has 4 aromatic rings. The minimum Gasteiger partial charge on any atom is -0.509 e. The summed E-state index contributed by atoms with van der Waals surface area (Å²) in [6, 6.07) is 32.6. The molecule has 2 aliphatic carbocycles. The quantitative estimate of drug-likeness (QED) is 0.158. The van der Waals surface area contributed by atoms with E-state index in [2.05, 4.69) is 53.1 Å². The Kier molecular flexibility index (Phi) is 11.8. The first-order valence-electron chi connectivity index (χ1n) is 19.2. The predicted molar refractivity (Wildman–Crippen MR) is 211 cm³/mol. The third-order valence-electron chi connectivity index (χ3n) is 11.2. The molecule has 2 saturated carbocycles. The Morgan fingerprint density at radius 3 is 1.85 bits per heavy atom. The van der Waals surface area contributed by atoms with Crippen molar-refractivity contribution in [2.45, 2.75) is 102 Å². The molecule has 0 radical (unpaired) electrons. The zero-order valence-corrected chi connectivity index (χ0v) is 31.3. The number of aliphatic hydroxyl groups excluding tert-OH is 1. The third kappa shape index (κ3) is 8.40. The number of rotatable bonds is 8. The van der Waals surface area contributed by atoms with E-state index in [4.69, 9.17) is 4.74 Å². The van der Waals surface area contributed by atoms with E-state index in [0.717, 1.165) is 89.5 Å². The van der Waals surface area contributed by atoms with Crippen LogP contribution in [0.3, 0.4) is 0 Å². The van der Waals surface area contributed by atoms with Crippen LogP contribution in [0.4, 0.5) is 0 Å². The van der Waals surface area contributed by atoms with Gasteiger partial charge in [-0.3, -0.25) is 9.59 Å². The standard InChI is InChI=1S/C24H29NO3.C22H23NO2/c1-3-28-23(27)24(14-8-5-9-15-24)25-22(26)17-21-16-20(13-12-18(21)2)19-10-6-4-7-11-19;1-15-10-11-17(16-8-4-2-5-9-16)14-18(15)19-20(24)22(23-21(19)25)12-6-3-7-13-22/h4,6-7,10-13,16H,3,5,8-9,14-15,17H2,1-2H3,(H,25,26);2,4-5,8-11,14,24H,3,6-7,12-13H2,1H3,(H,23,25). The van der Waals surface area contributed by atoms with Gasteiger partial charge in [-0.2, -0.15) is 0 Å². The van der Waals surface area contributed by atoms with Crippen molar-refractivity contribution in [1.29, 1.82) is 0 Å². The maximum atomic E-state index is 12.9. The second-order valence-electron chi connectivity index (χ2n) is 14.8. The van der Waals surface area contributed by atoms with Crippen LogP contribution in [0.2, 0.25) is 0 Å². The highest BCUT2D eigenvalue weighted by Crippen LogP contribution is 2.42. The zero-order valence-electron chi connectivity index (χ0n) is 31.3. The third-order valence-corrected chi connectivity index (χ3v) is 11.2. The first-order valence-corrected chi connectivity index (χ1v) is 19.2. The number of hydrogen-bond donors (Lipinski definition) is 3. The van der Waals surface area contributed by atoms with Crippen LogP contribution >= 0.6 is 0 Å². The molecule has 4 aromatic carbocycles. The summed E-state index contributed by atoms with van der Waals surface area (Å²) in [4.78, 5) is 38.2. The van der Waals surface area contributed by atoms with Crippen LogP contribution in [0.15, 0.2) is 103 Å². The summed E-state index contributed by atoms with van der Waals surface area (Å²) in [6.45, 7) is 6.13. The molecule has 0 atom stereocenters. The van der Waals surface area contributed by atoms with E-state index in [9.17, 15) is 19.5 Å². The van der Waals surface area contributed by atoms with Gasteiger partial charge in [-0.25, -0.2) is 4.79 Å². The molecular formula is C46H52N2O5. The summed E-state index contributed by atoms with van der Waals surface area (Å²) in [6.07, 6.45) is 9.43. The maximum Gasteiger partial charge on any atom is 0.331 e. The van der Waals surface area contributed by atoms with Crippen LogP contribution in [0.1, 0.15) is 93.4 Å². The van der Waals surface area contributed by atoms with Gasteiger partial charge in [0, 0.05) is 0 Å². The lowest BCUT2D eigenvalue weighted by Gasteiger charge is -2.35. The lowest BCUT2D eigenvalue weighted by atomic mass is 9.80. The van der Waals surface area contributed by atoms with Gasteiger partial charge in [-0.15, -0.1) is 0 Å². The molecule has 53 heavy (non-hydrogen) atoms.